The molecule has 1 aliphatic heterocycles. The Labute approximate surface area is 156 Å². The maximum Gasteiger partial charge on any atom is 0.174 e. The summed E-state index contributed by atoms with van der Waals surface area (Å²) in [7, 11) is 0. The van der Waals surface area contributed by atoms with Crippen LogP contribution in [0.3, 0.4) is 0 Å². The first-order valence-electron chi connectivity index (χ1n) is 8.44. The zero-order valence-corrected chi connectivity index (χ0v) is 15.2. The molecule has 126 valence electrons. The van der Waals surface area contributed by atoms with Crippen molar-refractivity contribution in [2.45, 2.75) is 24.2 Å². The zero-order valence-electron chi connectivity index (χ0n) is 13.6. The molecule has 0 bridgehead atoms. The second-order valence-electron chi connectivity index (χ2n) is 6.40. The third kappa shape index (κ3) is 3.07. The van der Waals surface area contributed by atoms with Crippen LogP contribution >= 0.6 is 23.4 Å². The fraction of sp³-hybridized carbons (Fsp3) is 0.238. The lowest BCUT2D eigenvalue weighted by Crippen LogP contribution is -2.15. The molecule has 0 saturated heterocycles. The Morgan fingerprint density at radius 3 is 2.44 bits per heavy atom. The molecule has 1 heterocycles. The molecule has 0 N–H and O–H groups in total. The second-order valence-corrected chi connectivity index (χ2v) is 7.90. The van der Waals surface area contributed by atoms with E-state index in [0.717, 1.165) is 23.6 Å². The summed E-state index contributed by atoms with van der Waals surface area (Å²) in [5.74, 6) is 0.417. The summed E-state index contributed by atoms with van der Waals surface area (Å²) in [5.41, 5.74) is 3.63. The molecule has 4 rings (SSSR count). The molecule has 25 heavy (non-hydrogen) atoms. The van der Waals surface area contributed by atoms with Gasteiger partial charge in [-0.2, -0.15) is 0 Å². The first kappa shape index (κ1) is 16.6. The van der Waals surface area contributed by atoms with Gasteiger partial charge in [0.25, 0.3) is 0 Å². The first-order valence-corrected chi connectivity index (χ1v) is 9.81. The third-order valence-electron chi connectivity index (χ3n) is 4.89. The molecule has 4 heteroatoms. The highest BCUT2D eigenvalue weighted by atomic mass is 35.5. The molecule has 0 aromatic heterocycles. The van der Waals surface area contributed by atoms with E-state index in [2.05, 4.69) is 12.1 Å². The van der Waals surface area contributed by atoms with Crippen LogP contribution in [0.15, 0.2) is 53.4 Å². The number of carbonyl (C=O) groups is 2. The molecule has 0 saturated carbocycles. The first-order chi connectivity index (χ1) is 12.1. The molecular weight excluding hydrogens is 352 g/mol. The maximum atomic E-state index is 12.5. The molecule has 2 nitrogen and oxygen atoms in total. The summed E-state index contributed by atoms with van der Waals surface area (Å²) >= 11 is 7.95. The molecule has 2 aromatic rings. The minimum atomic E-state index is -0.505. The van der Waals surface area contributed by atoms with E-state index in [0.29, 0.717) is 17.5 Å². The Balaban J connectivity index is 1.44. The van der Waals surface area contributed by atoms with Gasteiger partial charge in [-0.15, -0.1) is 11.8 Å². The maximum absolute atomic E-state index is 12.5. The molecule has 1 aliphatic carbocycles. The molecule has 0 amide bonds. The van der Waals surface area contributed by atoms with Crippen molar-refractivity contribution in [3.63, 3.8) is 0 Å². The van der Waals surface area contributed by atoms with Gasteiger partial charge >= 0.3 is 0 Å². The van der Waals surface area contributed by atoms with Crippen molar-refractivity contribution in [3.8, 4) is 0 Å². The van der Waals surface area contributed by atoms with Crippen molar-refractivity contribution in [1.82, 2.24) is 0 Å². The minimum absolute atomic E-state index is 0.0165. The van der Waals surface area contributed by atoms with E-state index in [1.165, 1.54) is 16.0 Å². The lowest BCUT2D eigenvalue weighted by atomic mass is 9.93. The van der Waals surface area contributed by atoms with Crippen LogP contribution in [-0.4, -0.2) is 17.3 Å². The van der Waals surface area contributed by atoms with Crippen LogP contribution in [0.25, 0.3) is 5.57 Å². The van der Waals surface area contributed by atoms with Crippen molar-refractivity contribution in [3.05, 3.63) is 70.3 Å². The zero-order chi connectivity index (χ0) is 17.4. The molecule has 2 aliphatic rings. The Bertz CT molecular complexity index is 866. The Hall–Kier alpha value is -1.84. The van der Waals surface area contributed by atoms with Gasteiger partial charge in [-0.1, -0.05) is 41.9 Å². The lowest BCUT2D eigenvalue weighted by molar-refractivity contribution is 0.0830. The summed E-state index contributed by atoms with van der Waals surface area (Å²) in [6.07, 6.45) is 4.52. The van der Waals surface area contributed by atoms with E-state index in [1.807, 2.05) is 36.0 Å². The van der Waals surface area contributed by atoms with Crippen LogP contribution in [0.4, 0.5) is 0 Å². The Morgan fingerprint density at radius 1 is 1.00 bits per heavy atom. The van der Waals surface area contributed by atoms with Crippen LogP contribution in [-0.2, 0) is 0 Å². The number of hydrogen-bond acceptors (Lipinski definition) is 3. The van der Waals surface area contributed by atoms with E-state index >= 15 is 0 Å². The lowest BCUT2D eigenvalue weighted by Gasteiger charge is -2.18. The Morgan fingerprint density at radius 2 is 1.72 bits per heavy atom. The minimum Gasteiger partial charge on any atom is -0.293 e. The largest absolute Gasteiger partial charge is 0.293 e. The van der Waals surface area contributed by atoms with Crippen molar-refractivity contribution >= 4 is 40.5 Å². The van der Waals surface area contributed by atoms with Gasteiger partial charge in [0.05, 0.1) is 5.92 Å². The highest BCUT2D eigenvalue weighted by Gasteiger charge is 2.37. The van der Waals surface area contributed by atoms with Crippen LogP contribution in [0.1, 0.15) is 45.5 Å². The van der Waals surface area contributed by atoms with E-state index in [9.17, 15) is 9.59 Å². The van der Waals surface area contributed by atoms with Gasteiger partial charge in [0, 0.05) is 26.8 Å². The molecule has 0 unspecified atom stereocenters. The van der Waals surface area contributed by atoms with E-state index < -0.39 is 5.92 Å². The second kappa shape index (κ2) is 6.81. The van der Waals surface area contributed by atoms with Gasteiger partial charge in [0.15, 0.2) is 11.6 Å². The summed E-state index contributed by atoms with van der Waals surface area (Å²) in [6, 6.07) is 13.1. The van der Waals surface area contributed by atoms with E-state index in [1.54, 1.807) is 12.1 Å². The average Bonchev–Trinajstić information content (AvgIpc) is 2.87. The van der Waals surface area contributed by atoms with Crippen molar-refractivity contribution in [2.24, 2.45) is 5.92 Å². The number of ketones is 2. The Kier molecular flexibility index (Phi) is 4.53. The summed E-state index contributed by atoms with van der Waals surface area (Å²) < 4.78 is 0. The molecule has 2 aromatic carbocycles. The van der Waals surface area contributed by atoms with Crippen LogP contribution in [0.5, 0.6) is 0 Å². The van der Waals surface area contributed by atoms with Gasteiger partial charge < -0.3 is 0 Å². The number of benzene rings is 2. The smallest absolute Gasteiger partial charge is 0.174 e. The molecular formula is C21H17ClO2S. The van der Waals surface area contributed by atoms with Crippen molar-refractivity contribution in [1.29, 1.82) is 0 Å². The van der Waals surface area contributed by atoms with Crippen LogP contribution < -0.4 is 0 Å². The van der Waals surface area contributed by atoms with Gasteiger partial charge in [-0.3, -0.25) is 9.59 Å². The van der Waals surface area contributed by atoms with Gasteiger partial charge in [0.2, 0.25) is 0 Å². The van der Waals surface area contributed by atoms with Gasteiger partial charge in [0.1, 0.15) is 0 Å². The number of Topliss-reactive ketones (excluding diaryl/α,β-unsaturated/α-hetero) is 2. The standard InChI is InChI=1S/C21H17ClO2S/c22-14-8-9-19-18(12-14)13(10-11-25-19)4-3-7-17-20(23)15-5-1-2-6-16(15)21(17)24/h1-2,5-6,8-10,12,17H,3-4,7,11H2. The van der Waals surface area contributed by atoms with Crippen LogP contribution in [0.2, 0.25) is 5.02 Å². The number of fused-ring (bicyclic) bond motifs is 2. The number of thioether (sulfide) groups is 1. The number of carbonyl (C=O) groups excluding carboxylic acids is 2. The molecule has 0 atom stereocenters. The third-order valence-corrected chi connectivity index (χ3v) is 6.12. The predicted molar refractivity (Wildman–Crippen MR) is 103 cm³/mol. The topological polar surface area (TPSA) is 34.1 Å². The predicted octanol–water partition coefficient (Wildman–Crippen LogP) is 5.69. The van der Waals surface area contributed by atoms with E-state index in [4.69, 9.17) is 11.6 Å². The molecule has 0 radical (unpaired) electrons. The number of halogens is 1. The van der Waals surface area contributed by atoms with Crippen molar-refractivity contribution in [2.75, 3.05) is 5.75 Å². The fourth-order valence-corrected chi connectivity index (χ4v) is 4.77. The number of hydrogen-bond donors (Lipinski definition) is 0. The summed E-state index contributed by atoms with van der Waals surface area (Å²) in [5, 5.41) is 0.740. The average molecular weight is 369 g/mol. The highest BCUT2D eigenvalue weighted by molar-refractivity contribution is 7.99. The summed E-state index contributed by atoms with van der Waals surface area (Å²) in [6.45, 7) is 0. The highest BCUT2D eigenvalue weighted by Crippen LogP contribution is 2.38. The molecule has 0 fully saturated rings. The normalized spacial score (nSPS) is 16.6. The SMILES string of the molecule is O=C1c2ccccc2C(=O)C1CCCC1=CCSc2ccc(Cl)cc21. The van der Waals surface area contributed by atoms with Gasteiger partial charge in [-0.25, -0.2) is 0 Å². The quantitative estimate of drug-likeness (QED) is 0.649. The van der Waals surface area contributed by atoms with Crippen LogP contribution in [0, 0.1) is 5.92 Å². The fourth-order valence-electron chi connectivity index (χ4n) is 3.62. The van der Waals surface area contributed by atoms with Crippen molar-refractivity contribution < 1.29 is 9.59 Å². The number of rotatable bonds is 4. The summed E-state index contributed by atoms with van der Waals surface area (Å²) in [4.78, 5) is 26.2. The van der Waals surface area contributed by atoms with E-state index in [-0.39, 0.29) is 11.6 Å². The monoisotopic (exact) mass is 368 g/mol. The van der Waals surface area contributed by atoms with Gasteiger partial charge in [-0.05, 0) is 48.6 Å². The number of allylic oxidation sites excluding steroid dienone is 1. The molecule has 0 spiro atoms.